The molecule has 0 spiro atoms. The van der Waals surface area contributed by atoms with E-state index in [2.05, 4.69) is 25.1 Å². The van der Waals surface area contributed by atoms with Crippen LogP contribution in [0, 0.1) is 13.8 Å². The van der Waals surface area contributed by atoms with E-state index >= 15 is 0 Å². The fourth-order valence-corrected chi connectivity index (χ4v) is 3.33. The van der Waals surface area contributed by atoms with Crippen LogP contribution in [0.2, 0.25) is 0 Å². The maximum Gasteiger partial charge on any atom is 0.254 e. The van der Waals surface area contributed by atoms with Gasteiger partial charge in [-0.1, -0.05) is 0 Å². The summed E-state index contributed by atoms with van der Waals surface area (Å²) in [6, 6.07) is 0.211. The van der Waals surface area contributed by atoms with Crippen LogP contribution in [0.4, 0.5) is 0 Å². The minimum atomic E-state index is -0.0625. The minimum Gasteiger partial charge on any atom is -0.379 e. The summed E-state index contributed by atoms with van der Waals surface area (Å²) in [5, 5.41) is 3.13. The molecule has 132 valence electrons. The van der Waals surface area contributed by atoms with Gasteiger partial charge in [-0.2, -0.15) is 0 Å². The Morgan fingerprint density at radius 2 is 2.00 bits per heavy atom. The molecule has 7 heteroatoms. The van der Waals surface area contributed by atoms with Crippen LogP contribution in [-0.2, 0) is 4.74 Å². The van der Waals surface area contributed by atoms with Crippen molar-refractivity contribution in [2.45, 2.75) is 26.3 Å². The third-order valence-electron chi connectivity index (χ3n) is 4.79. The zero-order chi connectivity index (χ0) is 16.9. The molecule has 1 N–H and O–H groups in total. The smallest absolute Gasteiger partial charge is 0.254 e. The summed E-state index contributed by atoms with van der Waals surface area (Å²) in [6.07, 6.45) is 2.62. The van der Waals surface area contributed by atoms with Crippen molar-refractivity contribution in [3.8, 4) is 0 Å². The Bertz CT molecular complexity index is 574. The summed E-state index contributed by atoms with van der Waals surface area (Å²) in [4.78, 5) is 25.7. The summed E-state index contributed by atoms with van der Waals surface area (Å²) in [5.74, 6) is 0.631. The van der Waals surface area contributed by atoms with Gasteiger partial charge in [0.25, 0.3) is 5.91 Å². The Balaban J connectivity index is 1.44. The number of carbonyl (C=O) groups excluding carboxylic acids is 1. The average Bonchev–Trinajstić information content (AvgIpc) is 3.01. The van der Waals surface area contributed by atoms with Gasteiger partial charge >= 0.3 is 0 Å². The predicted molar refractivity (Wildman–Crippen MR) is 91.1 cm³/mol. The third kappa shape index (κ3) is 4.49. The molecule has 7 nitrogen and oxygen atoms in total. The monoisotopic (exact) mass is 333 g/mol. The van der Waals surface area contributed by atoms with Crippen LogP contribution in [0.5, 0.6) is 0 Å². The Morgan fingerprint density at radius 1 is 1.25 bits per heavy atom. The zero-order valence-electron chi connectivity index (χ0n) is 14.6. The van der Waals surface area contributed by atoms with Crippen molar-refractivity contribution in [2.24, 2.45) is 0 Å². The molecule has 2 saturated heterocycles. The quantitative estimate of drug-likeness (QED) is 0.832. The van der Waals surface area contributed by atoms with Crippen LogP contribution in [0.25, 0.3) is 0 Å². The van der Waals surface area contributed by atoms with Gasteiger partial charge in [0, 0.05) is 51.5 Å². The molecule has 0 bridgehead atoms. The molecule has 1 amide bonds. The lowest BCUT2D eigenvalue weighted by Crippen LogP contribution is -2.42. The van der Waals surface area contributed by atoms with Crippen molar-refractivity contribution in [1.29, 1.82) is 0 Å². The van der Waals surface area contributed by atoms with Crippen molar-refractivity contribution >= 4 is 5.91 Å². The number of rotatable bonds is 5. The number of hydrogen-bond acceptors (Lipinski definition) is 6. The molecule has 2 aliphatic heterocycles. The first-order valence-corrected chi connectivity index (χ1v) is 8.75. The Kier molecular flexibility index (Phi) is 5.76. The van der Waals surface area contributed by atoms with Gasteiger partial charge in [-0.25, -0.2) is 9.97 Å². The second kappa shape index (κ2) is 8.00. The number of aromatic nitrogens is 2. The molecule has 3 heterocycles. The first-order chi connectivity index (χ1) is 11.6. The fraction of sp³-hybridized carbons (Fsp3) is 0.706. The van der Waals surface area contributed by atoms with Gasteiger partial charge in [-0.3, -0.25) is 14.6 Å². The highest BCUT2D eigenvalue weighted by atomic mass is 16.5. The van der Waals surface area contributed by atoms with E-state index in [-0.39, 0.29) is 11.9 Å². The summed E-state index contributed by atoms with van der Waals surface area (Å²) >= 11 is 0. The van der Waals surface area contributed by atoms with Gasteiger partial charge in [0.15, 0.2) is 0 Å². The van der Waals surface area contributed by atoms with E-state index in [1.807, 2.05) is 13.8 Å². The standard InChI is InChI=1S/C17H27N5O2/c1-13-16(11-18-14(2)19-13)17(23)20-15-3-4-22(12-15)6-5-21-7-9-24-10-8-21/h11,15H,3-10,12H2,1-2H3,(H,20,23). The highest BCUT2D eigenvalue weighted by molar-refractivity contribution is 5.95. The van der Waals surface area contributed by atoms with Crippen molar-refractivity contribution in [1.82, 2.24) is 25.1 Å². The summed E-state index contributed by atoms with van der Waals surface area (Å²) in [5.41, 5.74) is 1.31. The lowest BCUT2D eigenvalue weighted by molar-refractivity contribution is 0.0343. The van der Waals surface area contributed by atoms with Crippen LogP contribution >= 0.6 is 0 Å². The van der Waals surface area contributed by atoms with Gasteiger partial charge in [0.1, 0.15) is 5.82 Å². The molecule has 1 unspecified atom stereocenters. The van der Waals surface area contributed by atoms with E-state index in [0.29, 0.717) is 11.4 Å². The molecule has 1 aromatic rings. The number of morpholine rings is 1. The Labute approximate surface area is 143 Å². The summed E-state index contributed by atoms with van der Waals surface area (Å²) in [7, 11) is 0. The van der Waals surface area contributed by atoms with Crippen LogP contribution in [0.3, 0.4) is 0 Å². The zero-order valence-corrected chi connectivity index (χ0v) is 14.6. The van der Waals surface area contributed by atoms with E-state index in [1.165, 1.54) is 0 Å². The van der Waals surface area contributed by atoms with Gasteiger partial charge in [-0.15, -0.1) is 0 Å². The van der Waals surface area contributed by atoms with E-state index in [4.69, 9.17) is 4.74 Å². The Morgan fingerprint density at radius 3 is 2.75 bits per heavy atom. The normalized spacial score (nSPS) is 22.7. The highest BCUT2D eigenvalue weighted by Crippen LogP contribution is 2.11. The van der Waals surface area contributed by atoms with E-state index < -0.39 is 0 Å². The van der Waals surface area contributed by atoms with Gasteiger partial charge in [0.2, 0.25) is 0 Å². The van der Waals surface area contributed by atoms with Crippen molar-refractivity contribution in [3.63, 3.8) is 0 Å². The van der Waals surface area contributed by atoms with E-state index in [0.717, 1.165) is 64.6 Å². The molecular weight excluding hydrogens is 306 g/mol. The van der Waals surface area contributed by atoms with Crippen molar-refractivity contribution < 1.29 is 9.53 Å². The fourth-order valence-electron chi connectivity index (χ4n) is 3.33. The molecule has 0 aliphatic carbocycles. The summed E-state index contributed by atoms with van der Waals surface area (Å²) < 4.78 is 5.38. The molecule has 1 atom stereocenters. The number of nitrogens with zero attached hydrogens (tertiary/aromatic N) is 4. The molecule has 0 saturated carbocycles. The predicted octanol–water partition coefficient (Wildman–Crippen LogP) is 0.230. The SMILES string of the molecule is Cc1ncc(C(=O)NC2CCN(CCN3CCOCC3)C2)c(C)n1. The molecule has 1 aromatic heterocycles. The number of ether oxygens (including phenoxy) is 1. The van der Waals surface area contributed by atoms with E-state index in [1.54, 1.807) is 6.20 Å². The number of amides is 1. The first-order valence-electron chi connectivity index (χ1n) is 8.75. The molecule has 2 aliphatic rings. The molecule has 3 rings (SSSR count). The van der Waals surface area contributed by atoms with Gasteiger partial charge in [0.05, 0.1) is 24.5 Å². The first kappa shape index (κ1) is 17.3. The Hall–Kier alpha value is -1.57. The lowest BCUT2D eigenvalue weighted by atomic mass is 10.2. The number of aryl methyl sites for hydroxylation is 2. The molecule has 2 fully saturated rings. The molecule has 24 heavy (non-hydrogen) atoms. The van der Waals surface area contributed by atoms with Crippen LogP contribution in [-0.4, -0.2) is 84.2 Å². The largest absolute Gasteiger partial charge is 0.379 e. The van der Waals surface area contributed by atoms with Crippen LogP contribution < -0.4 is 5.32 Å². The molecule has 0 aromatic carbocycles. The van der Waals surface area contributed by atoms with Crippen molar-refractivity contribution in [3.05, 3.63) is 23.3 Å². The van der Waals surface area contributed by atoms with Crippen LogP contribution in [0.15, 0.2) is 6.20 Å². The van der Waals surface area contributed by atoms with Crippen LogP contribution in [0.1, 0.15) is 28.3 Å². The third-order valence-corrected chi connectivity index (χ3v) is 4.79. The second-order valence-electron chi connectivity index (χ2n) is 6.63. The molecule has 0 radical (unpaired) electrons. The number of likely N-dealkylation sites (tertiary alicyclic amines) is 1. The lowest BCUT2D eigenvalue weighted by Gasteiger charge is -2.28. The van der Waals surface area contributed by atoms with Gasteiger partial charge in [-0.05, 0) is 20.3 Å². The topological polar surface area (TPSA) is 70.6 Å². The van der Waals surface area contributed by atoms with Gasteiger partial charge < -0.3 is 10.1 Å². The average molecular weight is 333 g/mol. The number of nitrogens with one attached hydrogen (secondary N) is 1. The summed E-state index contributed by atoms with van der Waals surface area (Å²) in [6.45, 7) is 11.5. The second-order valence-corrected chi connectivity index (χ2v) is 6.63. The maximum absolute atomic E-state index is 12.4. The maximum atomic E-state index is 12.4. The highest BCUT2D eigenvalue weighted by Gasteiger charge is 2.25. The number of hydrogen-bond donors (Lipinski definition) is 1. The minimum absolute atomic E-state index is 0.0625. The number of carbonyl (C=O) groups is 1. The van der Waals surface area contributed by atoms with E-state index in [9.17, 15) is 4.79 Å². The molecular formula is C17H27N5O2. The van der Waals surface area contributed by atoms with Crippen molar-refractivity contribution in [2.75, 3.05) is 52.5 Å².